The Morgan fingerprint density at radius 3 is 2.88 bits per heavy atom. The van der Waals surface area contributed by atoms with E-state index >= 15 is 0 Å². The van der Waals surface area contributed by atoms with Gasteiger partial charge < -0.3 is 10.1 Å². The van der Waals surface area contributed by atoms with Crippen LogP contribution in [-0.2, 0) is 11.2 Å². The average molecular weight is 359 g/mol. The van der Waals surface area contributed by atoms with Crippen LogP contribution in [0, 0.1) is 6.92 Å². The molecule has 6 nitrogen and oxygen atoms in total. The zero-order valence-corrected chi connectivity index (χ0v) is 15.1. The Labute approximate surface area is 150 Å². The first-order valence-corrected chi connectivity index (χ1v) is 9.17. The van der Waals surface area contributed by atoms with Gasteiger partial charge >= 0.3 is 0 Å². The molecule has 1 N–H and O–H groups in total. The first-order valence-electron chi connectivity index (χ1n) is 8.19. The highest BCUT2D eigenvalue weighted by Crippen LogP contribution is 2.31. The molecule has 0 spiro atoms. The summed E-state index contributed by atoms with van der Waals surface area (Å²) in [6.07, 6.45) is 2.65. The maximum absolute atomic E-state index is 12.3. The van der Waals surface area contributed by atoms with Gasteiger partial charge in [0.05, 0.1) is 13.2 Å². The van der Waals surface area contributed by atoms with Gasteiger partial charge in [-0.3, -0.25) is 14.2 Å². The molecule has 0 bridgehead atoms. The number of fused-ring (bicyclic) bond motifs is 1. The Bertz CT molecular complexity index is 817. The number of aryl methyl sites for hydroxylation is 1. The fraction of sp³-hybridized carbons (Fsp3) is 0.389. The molecule has 0 saturated carbocycles. The molecular formula is C18H21N3O3S. The van der Waals surface area contributed by atoms with Crippen LogP contribution in [0.5, 0.6) is 5.75 Å². The summed E-state index contributed by atoms with van der Waals surface area (Å²) < 4.78 is 6.78. The topological polar surface area (TPSA) is 73.2 Å². The minimum absolute atomic E-state index is 0.0413. The molecule has 2 aromatic rings. The van der Waals surface area contributed by atoms with E-state index in [4.69, 9.17) is 4.74 Å². The summed E-state index contributed by atoms with van der Waals surface area (Å²) in [6.45, 7) is 2.32. The van der Waals surface area contributed by atoms with Gasteiger partial charge in [0, 0.05) is 30.5 Å². The second-order valence-electron chi connectivity index (χ2n) is 6.02. The first-order chi connectivity index (χ1) is 12.1. The molecule has 1 amide bonds. The van der Waals surface area contributed by atoms with Crippen LogP contribution in [0.25, 0.3) is 0 Å². The largest absolute Gasteiger partial charge is 0.497 e. The molecule has 1 aromatic heterocycles. The maximum atomic E-state index is 12.3. The number of nitrogens with zero attached hydrogens (tertiary/aromatic N) is 2. The Morgan fingerprint density at radius 1 is 1.40 bits per heavy atom. The summed E-state index contributed by atoms with van der Waals surface area (Å²) in [7, 11) is 1.64. The molecule has 0 saturated heterocycles. The molecule has 0 aliphatic carbocycles. The van der Waals surface area contributed by atoms with Crippen molar-refractivity contribution < 1.29 is 9.53 Å². The molecule has 0 radical (unpaired) electrons. The van der Waals surface area contributed by atoms with Crippen molar-refractivity contribution in [3.63, 3.8) is 0 Å². The van der Waals surface area contributed by atoms with Crippen molar-refractivity contribution >= 4 is 17.7 Å². The van der Waals surface area contributed by atoms with Gasteiger partial charge in [-0.2, -0.15) is 0 Å². The Kier molecular flexibility index (Phi) is 5.43. The van der Waals surface area contributed by atoms with E-state index in [0.717, 1.165) is 17.7 Å². The summed E-state index contributed by atoms with van der Waals surface area (Å²) in [5.74, 6) is 1.48. The zero-order valence-electron chi connectivity index (χ0n) is 14.3. The van der Waals surface area contributed by atoms with Crippen molar-refractivity contribution in [2.75, 3.05) is 19.4 Å². The number of carbonyl (C=O) groups excluding carboxylic acids is 1. The highest BCUT2D eigenvalue weighted by molar-refractivity contribution is 7.99. The smallest absolute Gasteiger partial charge is 0.257 e. The SMILES string of the molecule is COc1ccc(CCNC(=O)C[C@@H]2CSc3ncc(C)c(=O)n32)cc1. The minimum Gasteiger partial charge on any atom is -0.497 e. The summed E-state index contributed by atoms with van der Waals surface area (Å²) in [5.41, 5.74) is 1.70. The van der Waals surface area contributed by atoms with Gasteiger partial charge in [0.25, 0.3) is 5.56 Å². The fourth-order valence-corrected chi connectivity index (χ4v) is 3.90. The average Bonchev–Trinajstić information content (AvgIpc) is 3.02. The van der Waals surface area contributed by atoms with Crippen LogP contribution in [0.2, 0.25) is 0 Å². The van der Waals surface area contributed by atoms with E-state index in [1.807, 2.05) is 24.3 Å². The second kappa shape index (κ2) is 7.74. The summed E-state index contributed by atoms with van der Waals surface area (Å²) in [6, 6.07) is 7.67. The predicted octanol–water partition coefficient (Wildman–Crippen LogP) is 1.96. The highest BCUT2D eigenvalue weighted by atomic mass is 32.2. The number of benzene rings is 1. The van der Waals surface area contributed by atoms with Gasteiger partial charge in [0.2, 0.25) is 5.91 Å². The third-order valence-corrected chi connectivity index (χ3v) is 5.33. The van der Waals surface area contributed by atoms with Crippen molar-refractivity contribution in [2.24, 2.45) is 0 Å². The van der Waals surface area contributed by atoms with E-state index in [-0.39, 0.29) is 17.5 Å². The standard InChI is InChI=1S/C18H21N3O3S/c1-12-10-20-18-21(17(12)23)14(11-25-18)9-16(22)19-8-7-13-3-5-15(24-2)6-4-13/h3-6,10,14H,7-9,11H2,1-2H3,(H,19,22)/t14-/m1/s1. The highest BCUT2D eigenvalue weighted by Gasteiger charge is 2.27. The Balaban J connectivity index is 1.52. The van der Waals surface area contributed by atoms with Gasteiger partial charge in [-0.15, -0.1) is 0 Å². The van der Waals surface area contributed by atoms with Crippen LogP contribution in [0.4, 0.5) is 0 Å². The van der Waals surface area contributed by atoms with Gasteiger partial charge in [-0.1, -0.05) is 23.9 Å². The lowest BCUT2D eigenvalue weighted by atomic mass is 10.1. The van der Waals surface area contributed by atoms with Gasteiger partial charge in [0.15, 0.2) is 5.16 Å². The van der Waals surface area contributed by atoms with Crippen molar-refractivity contribution in [1.82, 2.24) is 14.9 Å². The molecule has 1 aliphatic rings. The van der Waals surface area contributed by atoms with Crippen LogP contribution >= 0.6 is 11.8 Å². The molecule has 0 unspecified atom stereocenters. The fourth-order valence-electron chi connectivity index (χ4n) is 2.80. The Hall–Kier alpha value is -2.28. The van der Waals surface area contributed by atoms with E-state index in [0.29, 0.717) is 29.4 Å². The number of thioether (sulfide) groups is 1. The van der Waals surface area contributed by atoms with Gasteiger partial charge in [-0.25, -0.2) is 4.98 Å². The van der Waals surface area contributed by atoms with Crippen LogP contribution in [0.15, 0.2) is 40.4 Å². The normalized spacial score (nSPS) is 15.7. The molecule has 3 rings (SSSR count). The molecule has 1 atom stereocenters. The van der Waals surface area contributed by atoms with Crippen molar-refractivity contribution in [2.45, 2.75) is 31.0 Å². The number of aromatic nitrogens is 2. The number of methoxy groups -OCH3 is 1. The van der Waals surface area contributed by atoms with Crippen molar-refractivity contribution in [3.8, 4) is 5.75 Å². The Morgan fingerprint density at radius 2 is 2.16 bits per heavy atom. The molecule has 0 fully saturated rings. The summed E-state index contributed by atoms with van der Waals surface area (Å²) >= 11 is 1.52. The van der Waals surface area contributed by atoms with Gasteiger partial charge in [0.1, 0.15) is 5.75 Å². The predicted molar refractivity (Wildman–Crippen MR) is 97.3 cm³/mol. The summed E-state index contributed by atoms with van der Waals surface area (Å²) in [4.78, 5) is 28.8. The molecule has 132 valence electrons. The first kappa shape index (κ1) is 17.5. The lowest BCUT2D eigenvalue weighted by Gasteiger charge is -2.13. The number of ether oxygens (including phenoxy) is 1. The molecule has 1 aromatic carbocycles. The van der Waals surface area contributed by atoms with Crippen molar-refractivity contribution in [1.29, 1.82) is 0 Å². The molecule has 7 heteroatoms. The van der Waals surface area contributed by atoms with E-state index in [2.05, 4.69) is 10.3 Å². The van der Waals surface area contributed by atoms with Crippen LogP contribution < -0.4 is 15.6 Å². The quantitative estimate of drug-likeness (QED) is 0.798. The van der Waals surface area contributed by atoms with Crippen LogP contribution in [0.3, 0.4) is 0 Å². The number of rotatable bonds is 6. The zero-order chi connectivity index (χ0) is 17.8. The van der Waals surface area contributed by atoms with E-state index in [9.17, 15) is 9.59 Å². The lowest BCUT2D eigenvalue weighted by Crippen LogP contribution is -2.32. The molecule has 2 heterocycles. The number of hydrogen-bond acceptors (Lipinski definition) is 5. The second-order valence-corrected chi connectivity index (χ2v) is 7.00. The van der Waals surface area contributed by atoms with Crippen LogP contribution in [-0.4, -0.2) is 34.9 Å². The third-order valence-electron chi connectivity index (χ3n) is 4.22. The summed E-state index contributed by atoms with van der Waals surface area (Å²) in [5, 5.41) is 3.64. The van der Waals surface area contributed by atoms with Crippen LogP contribution in [0.1, 0.15) is 23.6 Å². The van der Waals surface area contributed by atoms with E-state index in [1.54, 1.807) is 24.8 Å². The number of carbonyl (C=O) groups is 1. The number of nitrogens with one attached hydrogen (secondary N) is 1. The third kappa shape index (κ3) is 4.04. The molecular weight excluding hydrogens is 338 g/mol. The van der Waals surface area contributed by atoms with E-state index in [1.165, 1.54) is 11.8 Å². The van der Waals surface area contributed by atoms with Gasteiger partial charge in [-0.05, 0) is 31.0 Å². The molecule has 25 heavy (non-hydrogen) atoms. The number of hydrogen-bond donors (Lipinski definition) is 1. The lowest BCUT2D eigenvalue weighted by molar-refractivity contribution is -0.121. The van der Waals surface area contributed by atoms with E-state index < -0.39 is 0 Å². The minimum atomic E-state index is -0.124. The monoisotopic (exact) mass is 359 g/mol. The number of amides is 1. The molecule has 1 aliphatic heterocycles. The maximum Gasteiger partial charge on any atom is 0.257 e. The van der Waals surface area contributed by atoms with Crippen molar-refractivity contribution in [3.05, 3.63) is 51.9 Å².